The van der Waals surface area contributed by atoms with E-state index in [1.165, 1.54) is 23.9 Å². The molecule has 3 heterocycles. The summed E-state index contributed by atoms with van der Waals surface area (Å²) in [7, 11) is 0. The molecule has 3 aromatic rings. The molecule has 0 bridgehead atoms. The highest BCUT2D eigenvalue weighted by Crippen LogP contribution is 2.29. The molecule has 6 heteroatoms. The van der Waals surface area contributed by atoms with Crippen LogP contribution in [0.1, 0.15) is 29.2 Å². The summed E-state index contributed by atoms with van der Waals surface area (Å²) in [4.78, 5) is 11.0. The van der Waals surface area contributed by atoms with Crippen molar-refractivity contribution in [3.05, 3.63) is 47.4 Å². The monoisotopic (exact) mass is 337 g/mol. The minimum absolute atomic E-state index is 0.538. The van der Waals surface area contributed by atoms with E-state index in [4.69, 9.17) is 4.52 Å². The van der Waals surface area contributed by atoms with Crippen LogP contribution in [-0.4, -0.2) is 46.2 Å². The van der Waals surface area contributed by atoms with E-state index in [0.717, 1.165) is 43.1 Å². The van der Waals surface area contributed by atoms with Gasteiger partial charge in [0.1, 0.15) is 17.5 Å². The van der Waals surface area contributed by atoms with Crippen molar-refractivity contribution in [1.29, 1.82) is 0 Å². The molecule has 4 rings (SSSR count). The summed E-state index contributed by atoms with van der Waals surface area (Å²) < 4.78 is 5.19. The van der Waals surface area contributed by atoms with Gasteiger partial charge < -0.3 is 14.7 Å². The van der Waals surface area contributed by atoms with Gasteiger partial charge in [-0.15, -0.1) is 0 Å². The first-order valence-corrected chi connectivity index (χ1v) is 8.81. The summed E-state index contributed by atoms with van der Waals surface area (Å²) in [5.41, 5.74) is 4.25. The number of aryl methyl sites for hydroxylation is 2. The number of rotatable bonds is 5. The number of nitrogens with one attached hydrogen (secondary N) is 1. The zero-order valence-electron chi connectivity index (χ0n) is 14.7. The maximum absolute atomic E-state index is 5.19. The number of benzene rings is 1. The van der Waals surface area contributed by atoms with Crippen LogP contribution < -0.4 is 5.32 Å². The Morgan fingerprint density at radius 3 is 3.00 bits per heavy atom. The lowest BCUT2D eigenvalue weighted by Gasteiger charge is -2.17. The number of fused-ring (bicyclic) bond motifs is 1. The van der Waals surface area contributed by atoms with Crippen LogP contribution in [0.4, 0.5) is 5.82 Å². The Morgan fingerprint density at radius 1 is 1.24 bits per heavy atom. The summed E-state index contributed by atoms with van der Waals surface area (Å²) in [6.07, 6.45) is 2.74. The summed E-state index contributed by atoms with van der Waals surface area (Å²) in [5, 5.41) is 8.26. The standard InChI is InChI=1S/C19H23N5O/c1-13-5-3-4-6-16(13)15-7-9-24(11-15)10-8-20-18-17-14(2)23-25-19(17)22-12-21-18/h3-6,12,15H,7-11H2,1-2H3,(H,20,21,22)/t15-/m1/s1. The van der Waals surface area contributed by atoms with Gasteiger partial charge in [-0.1, -0.05) is 29.4 Å². The van der Waals surface area contributed by atoms with Crippen molar-refractivity contribution in [2.45, 2.75) is 26.2 Å². The van der Waals surface area contributed by atoms with E-state index in [2.05, 4.69) is 56.5 Å². The predicted octanol–water partition coefficient (Wildman–Crippen LogP) is 3.14. The van der Waals surface area contributed by atoms with Crippen LogP contribution in [0, 0.1) is 13.8 Å². The third-order valence-corrected chi connectivity index (χ3v) is 5.06. The molecular weight excluding hydrogens is 314 g/mol. The molecule has 0 saturated carbocycles. The van der Waals surface area contributed by atoms with Gasteiger partial charge in [0.15, 0.2) is 0 Å². The van der Waals surface area contributed by atoms with Crippen LogP contribution in [0.15, 0.2) is 35.1 Å². The second-order valence-electron chi connectivity index (χ2n) is 6.74. The van der Waals surface area contributed by atoms with Crippen LogP contribution in [0.3, 0.4) is 0 Å². The van der Waals surface area contributed by atoms with Crippen molar-refractivity contribution in [1.82, 2.24) is 20.0 Å². The fourth-order valence-corrected chi connectivity index (χ4v) is 3.72. The van der Waals surface area contributed by atoms with Gasteiger partial charge in [0.05, 0.1) is 5.69 Å². The van der Waals surface area contributed by atoms with Crippen molar-refractivity contribution in [2.24, 2.45) is 0 Å². The molecule has 130 valence electrons. The summed E-state index contributed by atoms with van der Waals surface area (Å²) in [5.74, 6) is 1.45. The van der Waals surface area contributed by atoms with Crippen molar-refractivity contribution in [3.8, 4) is 0 Å². The number of aromatic nitrogens is 3. The second kappa shape index (κ2) is 6.80. The summed E-state index contributed by atoms with van der Waals surface area (Å²) >= 11 is 0. The number of hydrogen-bond donors (Lipinski definition) is 1. The van der Waals surface area contributed by atoms with E-state index in [1.54, 1.807) is 0 Å². The maximum Gasteiger partial charge on any atom is 0.263 e. The first kappa shape index (κ1) is 16.0. The minimum atomic E-state index is 0.538. The molecule has 1 aliphatic heterocycles. The fraction of sp³-hybridized carbons (Fsp3) is 0.421. The number of hydrogen-bond acceptors (Lipinski definition) is 6. The molecular formula is C19H23N5O. The Bertz CT molecular complexity index is 875. The lowest BCUT2D eigenvalue weighted by molar-refractivity contribution is 0.347. The number of likely N-dealkylation sites (tertiary alicyclic amines) is 1. The highest BCUT2D eigenvalue weighted by atomic mass is 16.5. The van der Waals surface area contributed by atoms with Crippen molar-refractivity contribution in [2.75, 3.05) is 31.5 Å². The molecule has 0 amide bonds. The van der Waals surface area contributed by atoms with Gasteiger partial charge >= 0.3 is 0 Å². The molecule has 0 unspecified atom stereocenters. The second-order valence-corrected chi connectivity index (χ2v) is 6.74. The first-order chi connectivity index (χ1) is 12.2. The average molecular weight is 337 g/mol. The molecule has 0 radical (unpaired) electrons. The van der Waals surface area contributed by atoms with E-state index < -0.39 is 0 Å². The molecule has 1 fully saturated rings. The van der Waals surface area contributed by atoms with Gasteiger partial charge in [0, 0.05) is 19.6 Å². The van der Waals surface area contributed by atoms with Crippen LogP contribution in [0.2, 0.25) is 0 Å². The molecule has 25 heavy (non-hydrogen) atoms. The normalized spacial score (nSPS) is 18.1. The topological polar surface area (TPSA) is 67.1 Å². The molecule has 1 atom stereocenters. The van der Waals surface area contributed by atoms with E-state index in [9.17, 15) is 0 Å². The zero-order chi connectivity index (χ0) is 17.2. The Balaban J connectivity index is 1.35. The van der Waals surface area contributed by atoms with Gasteiger partial charge in [-0.05, 0) is 43.9 Å². The minimum Gasteiger partial charge on any atom is -0.368 e. The van der Waals surface area contributed by atoms with Crippen LogP contribution in [0.25, 0.3) is 11.1 Å². The van der Waals surface area contributed by atoms with Gasteiger partial charge in [-0.2, -0.15) is 4.98 Å². The zero-order valence-corrected chi connectivity index (χ0v) is 14.7. The molecule has 6 nitrogen and oxygen atoms in total. The van der Waals surface area contributed by atoms with Crippen LogP contribution in [-0.2, 0) is 0 Å². The van der Waals surface area contributed by atoms with Crippen LogP contribution in [0.5, 0.6) is 0 Å². The van der Waals surface area contributed by atoms with Crippen LogP contribution >= 0.6 is 0 Å². The molecule has 0 spiro atoms. The largest absolute Gasteiger partial charge is 0.368 e. The van der Waals surface area contributed by atoms with E-state index >= 15 is 0 Å². The molecule has 1 aliphatic rings. The molecule has 0 aliphatic carbocycles. The maximum atomic E-state index is 5.19. The average Bonchev–Trinajstić information content (AvgIpc) is 3.23. The lowest BCUT2D eigenvalue weighted by Crippen LogP contribution is -2.27. The first-order valence-electron chi connectivity index (χ1n) is 8.81. The molecule has 1 N–H and O–H groups in total. The predicted molar refractivity (Wildman–Crippen MR) is 97.8 cm³/mol. The number of nitrogens with zero attached hydrogens (tertiary/aromatic N) is 4. The van der Waals surface area contributed by atoms with Gasteiger partial charge in [0.25, 0.3) is 5.71 Å². The van der Waals surface area contributed by atoms with Crippen molar-refractivity contribution >= 4 is 16.9 Å². The van der Waals surface area contributed by atoms with Gasteiger partial charge in [-0.3, -0.25) is 0 Å². The Labute approximate surface area is 147 Å². The fourth-order valence-electron chi connectivity index (χ4n) is 3.72. The van der Waals surface area contributed by atoms with Crippen molar-refractivity contribution in [3.63, 3.8) is 0 Å². The van der Waals surface area contributed by atoms with E-state index in [0.29, 0.717) is 11.6 Å². The SMILES string of the molecule is Cc1ccccc1[C@@H]1CCN(CCNc2ncnc3onc(C)c23)C1. The quantitative estimate of drug-likeness (QED) is 0.771. The Kier molecular flexibility index (Phi) is 4.36. The highest BCUT2D eigenvalue weighted by molar-refractivity contribution is 5.87. The Morgan fingerprint density at radius 2 is 2.12 bits per heavy atom. The summed E-state index contributed by atoms with van der Waals surface area (Å²) in [6, 6.07) is 8.74. The van der Waals surface area contributed by atoms with Gasteiger partial charge in [0.2, 0.25) is 0 Å². The van der Waals surface area contributed by atoms with E-state index in [-0.39, 0.29) is 0 Å². The molecule has 1 saturated heterocycles. The lowest BCUT2D eigenvalue weighted by atomic mass is 9.94. The Hall–Kier alpha value is -2.47. The smallest absolute Gasteiger partial charge is 0.263 e. The third-order valence-electron chi connectivity index (χ3n) is 5.06. The van der Waals surface area contributed by atoms with Gasteiger partial charge in [-0.25, -0.2) is 4.98 Å². The number of anilines is 1. The van der Waals surface area contributed by atoms with Crippen molar-refractivity contribution < 1.29 is 4.52 Å². The summed E-state index contributed by atoms with van der Waals surface area (Å²) in [6.45, 7) is 8.23. The highest BCUT2D eigenvalue weighted by Gasteiger charge is 2.24. The van der Waals surface area contributed by atoms with E-state index in [1.807, 2.05) is 6.92 Å². The third kappa shape index (κ3) is 3.22. The molecule has 2 aromatic heterocycles. The molecule has 1 aromatic carbocycles.